The van der Waals surface area contributed by atoms with Gasteiger partial charge in [-0.2, -0.15) is 0 Å². The Morgan fingerprint density at radius 3 is 2.94 bits per heavy atom. The smallest absolute Gasteiger partial charge is 0.264 e. The number of carbonyl (C=O) groups is 1. The number of pyridine rings is 1. The fourth-order valence-corrected chi connectivity index (χ4v) is 4.95. The highest BCUT2D eigenvalue weighted by Gasteiger charge is 2.33. The second-order valence-electron chi connectivity index (χ2n) is 7.87. The predicted molar refractivity (Wildman–Crippen MR) is 123 cm³/mol. The lowest BCUT2D eigenvalue weighted by Gasteiger charge is -2.46. The van der Waals surface area contributed by atoms with Crippen LogP contribution in [0.1, 0.15) is 22.5 Å². The largest absolute Gasteiger partial charge is 0.355 e. The van der Waals surface area contributed by atoms with E-state index in [2.05, 4.69) is 35.4 Å². The minimum atomic E-state index is -0.342. The molecule has 1 fully saturated rings. The van der Waals surface area contributed by atoms with Gasteiger partial charge < -0.3 is 15.5 Å². The number of fused-ring (bicyclic) bond motifs is 3. The number of nitrogens with one attached hydrogen (secondary N) is 2. The number of hydrogen-bond donors (Lipinski definition) is 2. The molecule has 1 saturated heterocycles. The molecule has 3 aromatic rings. The molecule has 0 radical (unpaired) electrons. The van der Waals surface area contributed by atoms with Crippen LogP contribution in [0.15, 0.2) is 40.9 Å². The highest BCUT2D eigenvalue weighted by atomic mass is 32.1. The second-order valence-corrected chi connectivity index (χ2v) is 8.76. The molecule has 5 heterocycles. The molecule has 11 heteroatoms. The van der Waals surface area contributed by atoms with E-state index in [9.17, 15) is 9.59 Å². The third kappa shape index (κ3) is 3.96. The number of hydrogen-bond acceptors (Lipinski definition) is 9. The molecule has 3 aromatic heterocycles. The Bertz CT molecular complexity index is 1180. The van der Waals surface area contributed by atoms with Crippen molar-refractivity contribution >= 4 is 34.0 Å². The summed E-state index contributed by atoms with van der Waals surface area (Å²) in [5, 5.41) is 8.47. The maximum atomic E-state index is 12.8. The Morgan fingerprint density at radius 1 is 1.22 bits per heavy atom. The second kappa shape index (κ2) is 8.67. The Kier molecular flexibility index (Phi) is 5.58. The molecule has 0 aliphatic carbocycles. The van der Waals surface area contributed by atoms with Crippen LogP contribution < -0.4 is 21.1 Å². The van der Waals surface area contributed by atoms with Gasteiger partial charge in [0.2, 0.25) is 0 Å². The molecule has 32 heavy (non-hydrogen) atoms. The molecule has 0 saturated carbocycles. The van der Waals surface area contributed by atoms with Crippen molar-refractivity contribution in [3.8, 4) is 0 Å². The molecule has 0 bridgehead atoms. The molecular formula is C21H24N8O2S. The van der Waals surface area contributed by atoms with E-state index in [1.165, 1.54) is 18.4 Å². The number of carbonyl (C=O) groups excluding carboxylic acids is 1. The quantitative estimate of drug-likeness (QED) is 0.596. The van der Waals surface area contributed by atoms with E-state index in [4.69, 9.17) is 0 Å². The van der Waals surface area contributed by atoms with Crippen molar-refractivity contribution < 1.29 is 4.79 Å². The van der Waals surface area contributed by atoms with Crippen molar-refractivity contribution in [2.24, 2.45) is 0 Å². The van der Waals surface area contributed by atoms with Gasteiger partial charge in [-0.1, -0.05) is 0 Å². The van der Waals surface area contributed by atoms with Crippen LogP contribution in [0.3, 0.4) is 0 Å². The zero-order valence-corrected chi connectivity index (χ0v) is 18.5. The molecule has 166 valence electrons. The van der Waals surface area contributed by atoms with Gasteiger partial charge >= 0.3 is 0 Å². The van der Waals surface area contributed by atoms with Gasteiger partial charge in [-0.25, -0.2) is 15.0 Å². The third-order valence-corrected chi connectivity index (χ3v) is 6.64. The summed E-state index contributed by atoms with van der Waals surface area (Å²) in [6.07, 6.45) is 4.19. The van der Waals surface area contributed by atoms with Gasteiger partial charge in [-0.05, 0) is 18.6 Å². The van der Waals surface area contributed by atoms with Crippen molar-refractivity contribution in [1.82, 2.24) is 29.7 Å². The molecule has 2 aliphatic rings. The maximum Gasteiger partial charge on any atom is 0.264 e. The molecule has 1 unspecified atom stereocenters. The third-order valence-electron chi connectivity index (χ3n) is 5.95. The Hall–Kier alpha value is -3.31. The van der Waals surface area contributed by atoms with E-state index in [0.29, 0.717) is 12.6 Å². The van der Waals surface area contributed by atoms with Crippen LogP contribution in [0.2, 0.25) is 0 Å². The monoisotopic (exact) mass is 452 g/mol. The Balaban J connectivity index is 1.27. The lowest BCUT2D eigenvalue weighted by molar-refractivity contribution is 0.0960. The van der Waals surface area contributed by atoms with Crippen molar-refractivity contribution in [2.45, 2.75) is 25.6 Å². The molecule has 1 amide bonds. The number of anilines is 3. The van der Waals surface area contributed by atoms with Gasteiger partial charge in [0.15, 0.2) is 5.13 Å². The summed E-state index contributed by atoms with van der Waals surface area (Å²) in [6.45, 7) is 3.93. The number of piperazine rings is 1. The number of nitrogens with zero attached hydrogens (tertiary/aromatic N) is 6. The van der Waals surface area contributed by atoms with Gasteiger partial charge in [-0.3, -0.25) is 19.1 Å². The van der Waals surface area contributed by atoms with Gasteiger partial charge in [0.05, 0.1) is 5.69 Å². The SMILES string of the molecule is CNC(=O)c1ccc2n(c1=O)CCC1CN(Cc3cc(Nc4nccs4)ncn3)CCN21. The molecule has 1 atom stereocenters. The van der Waals surface area contributed by atoms with Crippen LogP contribution >= 0.6 is 11.3 Å². The van der Waals surface area contributed by atoms with Crippen molar-refractivity contribution in [2.75, 3.05) is 36.9 Å². The van der Waals surface area contributed by atoms with Crippen LogP contribution in [0.5, 0.6) is 0 Å². The first-order chi connectivity index (χ1) is 15.6. The minimum Gasteiger partial charge on any atom is -0.355 e. The van der Waals surface area contributed by atoms with E-state index in [1.54, 1.807) is 23.2 Å². The average molecular weight is 453 g/mol. The topological polar surface area (TPSA) is 108 Å². The van der Waals surface area contributed by atoms with Crippen LogP contribution in [-0.4, -0.2) is 63.0 Å². The van der Waals surface area contributed by atoms with Crippen molar-refractivity contribution in [3.63, 3.8) is 0 Å². The van der Waals surface area contributed by atoms with E-state index in [0.717, 1.165) is 55.1 Å². The fraction of sp³-hybridized carbons (Fsp3) is 0.381. The summed E-state index contributed by atoms with van der Waals surface area (Å²) in [5.74, 6) is 1.29. The van der Waals surface area contributed by atoms with E-state index < -0.39 is 0 Å². The lowest BCUT2D eigenvalue weighted by atomic mass is 10.0. The summed E-state index contributed by atoms with van der Waals surface area (Å²) in [7, 11) is 1.54. The Labute approximate surface area is 188 Å². The molecule has 0 aromatic carbocycles. The highest BCUT2D eigenvalue weighted by molar-refractivity contribution is 7.13. The van der Waals surface area contributed by atoms with E-state index in [1.807, 2.05) is 17.5 Å². The summed E-state index contributed by atoms with van der Waals surface area (Å²) < 4.78 is 1.73. The van der Waals surface area contributed by atoms with Crippen LogP contribution in [0.25, 0.3) is 0 Å². The summed E-state index contributed by atoms with van der Waals surface area (Å²) in [6, 6.07) is 5.82. The molecule has 10 nitrogen and oxygen atoms in total. The number of aromatic nitrogens is 4. The molecular weight excluding hydrogens is 428 g/mol. The van der Waals surface area contributed by atoms with Crippen LogP contribution in [-0.2, 0) is 13.1 Å². The van der Waals surface area contributed by atoms with Gasteiger partial charge in [0, 0.05) is 63.5 Å². The zero-order chi connectivity index (χ0) is 22.1. The van der Waals surface area contributed by atoms with E-state index >= 15 is 0 Å². The molecule has 5 rings (SSSR count). The summed E-state index contributed by atoms with van der Waals surface area (Å²) in [4.78, 5) is 42.4. The van der Waals surface area contributed by atoms with Gasteiger partial charge in [-0.15, -0.1) is 11.3 Å². The fourth-order valence-electron chi connectivity index (χ4n) is 4.41. The summed E-state index contributed by atoms with van der Waals surface area (Å²) in [5.41, 5.74) is 0.929. The number of amides is 1. The summed E-state index contributed by atoms with van der Waals surface area (Å²) >= 11 is 1.53. The van der Waals surface area contributed by atoms with Gasteiger partial charge in [0.1, 0.15) is 23.5 Å². The van der Waals surface area contributed by atoms with Crippen molar-refractivity contribution in [3.05, 3.63) is 57.7 Å². The maximum absolute atomic E-state index is 12.8. The predicted octanol–water partition coefficient (Wildman–Crippen LogP) is 1.29. The number of thiazole rings is 1. The van der Waals surface area contributed by atoms with Gasteiger partial charge in [0.25, 0.3) is 11.5 Å². The van der Waals surface area contributed by atoms with Crippen LogP contribution in [0, 0.1) is 0 Å². The standard InChI is InChI=1S/C21H24N8O2S/c1-22-19(30)16-2-3-18-28-8-7-27(12-15(28)4-6-29(18)20(16)31)11-14-10-17(25-13-24-14)26-21-23-5-9-32-21/h2-3,5,9-10,13,15H,4,6-8,11-12H2,1H3,(H,22,30)(H,23,24,25,26). The van der Waals surface area contributed by atoms with E-state index in [-0.39, 0.29) is 17.0 Å². The highest BCUT2D eigenvalue weighted by Crippen LogP contribution is 2.27. The average Bonchev–Trinajstić information content (AvgIpc) is 3.32. The first kappa shape index (κ1) is 20.6. The molecule has 2 N–H and O–H groups in total. The first-order valence-electron chi connectivity index (χ1n) is 10.5. The van der Waals surface area contributed by atoms with Crippen LogP contribution in [0.4, 0.5) is 16.8 Å². The lowest BCUT2D eigenvalue weighted by Crippen LogP contribution is -2.57. The minimum absolute atomic E-state index is 0.194. The normalized spacial score (nSPS) is 18.0. The zero-order valence-electron chi connectivity index (χ0n) is 17.7. The van der Waals surface area contributed by atoms with Crippen molar-refractivity contribution in [1.29, 1.82) is 0 Å². The molecule has 0 spiro atoms. The molecule has 2 aliphatic heterocycles. The first-order valence-corrected chi connectivity index (χ1v) is 11.4. The Morgan fingerprint density at radius 2 is 2.12 bits per heavy atom. The number of rotatable bonds is 5.